The number of hydrogen-bond donors (Lipinski definition) is 2. The van der Waals surface area contributed by atoms with Gasteiger partial charge in [-0.15, -0.1) is 0 Å². The van der Waals surface area contributed by atoms with Crippen LogP contribution in [0.5, 0.6) is 0 Å². The van der Waals surface area contributed by atoms with Crippen molar-refractivity contribution >= 4 is 29.1 Å². The van der Waals surface area contributed by atoms with Crippen molar-refractivity contribution in [2.45, 2.75) is 0 Å². The van der Waals surface area contributed by atoms with Crippen LogP contribution < -0.4 is 5.32 Å². The Labute approximate surface area is 107 Å². The molecule has 0 spiro atoms. The summed E-state index contributed by atoms with van der Waals surface area (Å²) in [7, 11) is 0. The van der Waals surface area contributed by atoms with Crippen LogP contribution in [0.1, 0.15) is 10.4 Å². The second kappa shape index (κ2) is 5.01. The molecule has 0 bridgehead atoms. The van der Waals surface area contributed by atoms with E-state index in [9.17, 15) is 9.18 Å². The molecule has 0 saturated heterocycles. The highest BCUT2D eigenvalue weighted by molar-refractivity contribution is 6.29. The summed E-state index contributed by atoms with van der Waals surface area (Å²) in [5, 5.41) is 11.9. The molecule has 6 heteroatoms. The summed E-state index contributed by atoms with van der Waals surface area (Å²) in [5.41, 5.74) is 0.357. The van der Waals surface area contributed by atoms with Crippen LogP contribution in [-0.2, 0) is 0 Å². The Bertz CT molecular complexity index is 604. The molecule has 0 radical (unpaired) electrons. The Balaban J connectivity index is 2.39. The lowest BCUT2D eigenvalue weighted by atomic mass is 10.2. The maximum atomic E-state index is 13.0. The minimum atomic E-state index is -1.14. The van der Waals surface area contributed by atoms with E-state index in [1.807, 2.05) is 0 Å². The zero-order valence-electron chi connectivity index (χ0n) is 9.02. The van der Waals surface area contributed by atoms with E-state index in [-0.39, 0.29) is 16.5 Å². The molecule has 1 aromatic carbocycles. The third-order valence-corrected chi connectivity index (χ3v) is 2.39. The van der Waals surface area contributed by atoms with Crippen LogP contribution in [-0.4, -0.2) is 16.1 Å². The molecule has 0 aliphatic carbocycles. The van der Waals surface area contributed by atoms with Gasteiger partial charge in [-0.3, -0.25) is 0 Å². The maximum Gasteiger partial charge on any atom is 0.339 e. The van der Waals surface area contributed by atoms with Crippen molar-refractivity contribution in [2.75, 3.05) is 5.32 Å². The molecule has 2 rings (SSSR count). The van der Waals surface area contributed by atoms with Crippen LogP contribution in [0.2, 0.25) is 5.15 Å². The number of nitrogens with one attached hydrogen (secondary N) is 1. The fraction of sp³-hybridized carbons (Fsp3) is 0. The largest absolute Gasteiger partial charge is 0.478 e. The summed E-state index contributed by atoms with van der Waals surface area (Å²) in [6, 6.07) is 8.32. The minimum absolute atomic E-state index is 0.0383. The zero-order valence-corrected chi connectivity index (χ0v) is 9.78. The number of aromatic carboxylic acids is 1. The van der Waals surface area contributed by atoms with Crippen molar-refractivity contribution in [1.29, 1.82) is 0 Å². The van der Waals surface area contributed by atoms with E-state index in [4.69, 9.17) is 16.7 Å². The number of anilines is 2. The summed E-state index contributed by atoms with van der Waals surface area (Å²) >= 11 is 5.70. The average Bonchev–Trinajstić information content (AvgIpc) is 2.28. The number of pyridine rings is 1. The van der Waals surface area contributed by atoms with Gasteiger partial charge in [0.1, 0.15) is 22.4 Å². The van der Waals surface area contributed by atoms with Crippen molar-refractivity contribution < 1.29 is 14.3 Å². The van der Waals surface area contributed by atoms with Crippen molar-refractivity contribution in [3.8, 4) is 0 Å². The normalized spacial score (nSPS) is 10.1. The minimum Gasteiger partial charge on any atom is -0.478 e. The predicted octanol–water partition coefficient (Wildman–Crippen LogP) is 3.32. The van der Waals surface area contributed by atoms with E-state index in [0.29, 0.717) is 5.69 Å². The van der Waals surface area contributed by atoms with Crippen LogP contribution in [0, 0.1) is 5.82 Å². The first kappa shape index (κ1) is 12.3. The standard InChI is InChI=1S/C12H8ClFN2O2/c13-10-5-4-9(12(17)18)11(16-10)15-8-3-1-2-7(14)6-8/h1-6H,(H,15,16)(H,17,18). The van der Waals surface area contributed by atoms with Gasteiger partial charge in [-0.25, -0.2) is 14.2 Å². The van der Waals surface area contributed by atoms with Crippen molar-refractivity contribution in [1.82, 2.24) is 4.98 Å². The van der Waals surface area contributed by atoms with E-state index in [0.717, 1.165) is 0 Å². The molecular weight excluding hydrogens is 259 g/mol. The van der Waals surface area contributed by atoms with Gasteiger partial charge >= 0.3 is 5.97 Å². The molecule has 0 saturated carbocycles. The number of hydrogen-bond acceptors (Lipinski definition) is 3. The second-order valence-electron chi connectivity index (χ2n) is 3.47. The molecule has 0 fully saturated rings. The smallest absolute Gasteiger partial charge is 0.339 e. The lowest BCUT2D eigenvalue weighted by molar-refractivity contribution is 0.0697. The number of halogens is 2. The van der Waals surface area contributed by atoms with E-state index < -0.39 is 11.8 Å². The van der Waals surface area contributed by atoms with Gasteiger partial charge in [0.05, 0.1) is 0 Å². The number of carboxylic acids is 1. The fourth-order valence-corrected chi connectivity index (χ4v) is 1.55. The molecule has 0 aliphatic rings. The Morgan fingerprint density at radius 1 is 1.33 bits per heavy atom. The Morgan fingerprint density at radius 2 is 2.11 bits per heavy atom. The lowest BCUT2D eigenvalue weighted by Gasteiger charge is -2.08. The van der Waals surface area contributed by atoms with Gasteiger partial charge < -0.3 is 10.4 Å². The average molecular weight is 267 g/mol. The monoisotopic (exact) mass is 266 g/mol. The molecular formula is C12H8ClFN2O2. The van der Waals surface area contributed by atoms with Gasteiger partial charge in [-0.05, 0) is 30.3 Å². The van der Waals surface area contributed by atoms with Gasteiger partial charge in [0.15, 0.2) is 0 Å². The summed E-state index contributed by atoms with van der Waals surface area (Å²) in [6.45, 7) is 0. The molecule has 18 heavy (non-hydrogen) atoms. The van der Waals surface area contributed by atoms with E-state index >= 15 is 0 Å². The van der Waals surface area contributed by atoms with Gasteiger partial charge in [-0.2, -0.15) is 0 Å². The van der Waals surface area contributed by atoms with Gasteiger partial charge in [0.25, 0.3) is 0 Å². The number of carbonyl (C=O) groups is 1. The molecule has 1 aromatic heterocycles. The van der Waals surface area contributed by atoms with Crippen LogP contribution in [0.4, 0.5) is 15.9 Å². The third-order valence-electron chi connectivity index (χ3n) is 2.18. The quantitative estimate of drug-likeness (QED) is 0.837. The van der Waals surface area contributed by atoms with E-state index in [1.54, 1.807) is 6.07 Å². The number of benzene rings is 1. The summed E-state index contributed by atoms with van der Waals surface area (Å²) in [6.07, 6.45) is 0. The first-order valence-electron chi connectivity index (χ1n) is 4.98. The van der Waals surface area contributed by atoms with E-state index in [2.05, 4.69) is 10.3 Å². The van der Waals surface area contributed by atoms with E-state index in [1.165, 1.54) is 30.3 Å². The zero-order chi connectivity index (χ0) is 13.1. The second-order valence-corrected chi connectivity index (χ2v) is 3.86. The molecule has 4 nitrogen and oxygen atoms in total. The summed E-state index contributed by atoms with van der Waals surface area (Å²) in [4.78, 5) is 14.9. The van der Waals surface area contributed by atoms with Crippen molar-refractivity contribution in [3.63, 3.8) is 0 Å². The van der Waals surface area contributed by atoms with Gasteiger partial charge in [-0.1, -0.05) is 17.7 Å². The molecule has 0 unspecified atom stereocenters. The third kappa shape index (κ3) is 2.75. The van der Waals surface area contributed by atoms with Gasteiger partial charge in [0.2, 0.25) is 0 Å². The highest BCUT2D eigenvalue weighted by atomic mass is 35.5. The summed E-state index contributed by atoms with van der Waals surface area (Å²) in [5.74, 6) is -1.50. The molecule has 0 amide bonds. The Hall–Kier alpha value is -2.14. The molecule has 0 aliphatic heterocycles. The Morgan fingerprint density at radius 3 is 2.78 bits per heavy atom. The lowest BCUT2D eigenvalue weighted by Crippen LogP contribution is -2.05. The molecule has 0 atom stereocenters. The highest BCUT2D eigenvalue weighted by Crippen LogP contribution is 2.21. The first-order chi connectivity index (χ1) is 8.56. The first-order valence-corrected chi connectivity index (χ1v) is 5.36. The Kier molecular flexibility index (Phi) is 3.43. The molecule has 92 valence electrons. The molecule has 1 heterocycles. The van der Waals surface area contributed by atoms with Crippen LogP contribution in [0.25, 0.3) is 0 Å². The van der Waals surface area contributed by atoms with Crippen LogP contribution in [0.3, 0.4) is 0 Å². The topological polar surface area (TPSA) is 62.2 Å². The van der Waals surface area contributed by atoms with Crippen molar-refractivity contribution in [2.24, 2.45) is 0 Å². The highest BCUT2D eigenvalue weighted by Gasteiger charge is 2.12. The SMILES string of the molecule is O=C(O)c1ccc(Cl)nc1Nc1cccc(F)c1. The number of nitrogens with zero attached hydrogens (tertiary/aromatic N) is 1. The van der Waals surface area contributed by atoms with Crippen LogP contribution >= 0.6 is 11.6 Å². The predicted molar refractivity (Wildman–Crippen MR) is 65.9 cm³/mol. The maximum absolute atomic E-state index is 13.0. The number of rotatable bonds is 3. The summed E-state index contributed by atoms with van der Waals surface area (Å²) < 4.78 is 13.0. The fourth-order valence-electron chi connectivity index (χ4n) is 1.41. The number of carboxylic acid groups (broad SMARTS) is 1. The van der Waals surface area contributed by atoms with Crippen LogP contribution in [0.15, 0.2) is 36.4 Å². The molecule has 2 aromatic rings. The van der Waals surface area contributed by atoms with Gasteiger partial charge in [0, 0.05) is 5.69 Å². The number of aromatic nitrogens is 1. The molecule has 2 N–H and O–H groups in total. The van der Waals surface area contributed by atoms with Crippen molar-refractivity contribution in [3.05, 3.63) is 52.9 Å².